The van der Waals surface area contributed by atoms with Crippen molar-refractivity contribution >= 4 is 62.8 Å². The van der Waals surface area contributed by atoms with Crippen LogP contribution in [0.2, 0.25) is 5.02 Å². The highest BCUT2D eigenvalue weighted by Crippen LogP contribution is 2.29. The second kappa shape index (κ2) is 14.6. The number of thioether (sulfide) groups is 1. The predicted molar refractivity (Wildman–Crippen MR) is 143 cm³/mol. The number of benzene rings is 1. The molecule has 1 aromatic heterocycles. The zero-order valence-electron chi connectivity index (χ0n) is 19.8. The molecule has 0 bridgehead atoms. The number of imidazole rings is 1. The molecule has 1 fully saturated rings. The first-order chi connectivity index (χ1) is 16.3. The molecule has 0 saturated heterocycles. The standard InChI is InChI=1S/C20H21BrClFN4O2.C4H10S/c1-3-17-20(24-11-27(17)2)19(23)16(9-18(28)26-29-10-12-4-5-12)25-15-7-6-13(21)8-14(15)22;1-3-4-5-2/h3,6-9,11-12,25H,4-5,10H2,1-2H3,(H,26,28);3-4H2,1-2H3/b16-9-,17-3+,20-19-;. The Balaban J connectivity index is 0.000000739. The van der Waals surface area contributed by atoms with Gasteiger partial charge in [-0.3, -0.25) is 9.63 Å². The number of nitrogens with zero attached hydrogens (tertiary/aromatic N) is 2. The molecule has 0 aliphatic heterocycles. The summed E-state index contributed by atoms with van der Waals surface area (Å²) in [5.41, 5.74) is 2.69. The fourth-order valence-corrected chi connectivity index (χ4v) is 3.98. The Morgan fingerprint density at radius 1 is 1.44 bits per heavy atom. The Morgan fingerprint density at radius 2 is 2.18 bits per heavy atom. The van der Waals surface area contributed by atoms with Crippen LogP contribution in [0.1, 0.15) is 33.1 Å². The highest BCUT2D eigenvalue weighted by Gasteiger charge is 2.22. The van der Waals surface area contributed by atoms with Gasteiger partial charge in [0.2, 0.25) is 0 Å². The van der Waals surface area contributed by atoms with E-state index < -0.39 is 11.7 Å². The second-order valence-electron chi connectivity index (χ2n) is 7.71. The number of rotatable bonds is 9. The number of aromatic nitrogens is 2. The van der Waals surface area contributed by atoms with E-state index >= 15 is 4.39 Å². The first-order valence-electron chi connectivity index (χ1n) is 11.0. The molecular formula is C24H31BrClFN4O2S. The molecule has 34 heavy (non-hydrogen) atoms. The number of amides is 1. The van der Waals surface area contributed by atoms with Gasteiger partial charge in [-0.15, -0.1) is 0 Å². The fraction of sp³-hybridized carbons (Fsp3) is 0.417. The van der Waals surface area contributed by atoms with Gasteiger partial charge in [0.1, 0.15) is 5.35 Å². The molecule has 1 aromatic carbocycles. The number of hydroxylamine groups is 1. The molecule has 1 heterocycles. The summed E-state index contributed by atoms with van der Waals surface area (Å²) in [7, 11) is 1.76. The number of hydrogen-bond acceptors (Lipinski definition) is 5. The summed E-state index contributed by atoms with van der Waals surface area (Å²) in [4.78, 5) is 21.6. The average molecular weight is 574 g/mol. The molecule has 2 N–H and O–H groups in total. The summed E-state index contributed by atoms with van der Waals surface area (Å²) in [6.45, 7) is 4.42. The summed E-state index contributed by atoms with van der Waals surface area (Å²) in [5, 5.41) is 3.96. The van der Waals surface area contributed by atoms with Gasteiger partial charge in [0, 0.05) is 17.6 Å². The van der Waals surface area contributed by atoms with Crippen molar-refractivity contribution in [3.8, 4) is 0 Å². The van der Waals surface area contributed by atoms with Crippen LogP contribution in [-0.4, -0.2) is 34.1 Å². The van der Waals surface area contributed by atoms with Gasteiger partial charge in [-0.1, -0.05) is 40.5 Å². The molecule has 6 nitrogen and oxygen atoms in total. The third kappa shape index (κ3) is 9.09. The number of aryl methyl sites for hydroxylation is 1. The minimum absolute atomic E-state index is 0.0801. The molecule has 0 radical (unpaired) electrons. The van der Waals surface area contributed by atoms with Crippen LogP contribution >= 0.6 is 39.3 Å². The van der Waals surface area contributed by atoms with Crippen LogP contribution in [0.3, 0.4) is 0 Å². The highest BCUT2D eigenvalue weighted by molar-refractivity contribution is 9.10. The van der Waals surface area contributed by atoms with Crippen LogP contribution in [0, 0.1) is 5.92 Å². The number of halogens is 3. The van der Waals surface area contributed by atoms with Crippen molar-refractivity contribution in [3.63, 3.8) is 0 Å². The summed E-state index contributed by atoms with van der Waals surface area (Å²) in [6, 6.07) is 5.11. The van der Waals surface area contributed by atoms with Gasteiger partial charge < -0.3 is 9.88 Å². The van der Waals surface area contributed by atoms with E-state index in [-0.39, 0.29) is 11.0 Å². The molecule has 186 valence electrons. The molecule has 2 aromatic rings. The molecule has 1 saturated carbocycles. The van der Waals surface area contributed by atoms with Gasteiger partial charge >= 0.3 is 0 Å². The van der Waals surface area contributed by atoms with Gasteiger partial charge in [-0.25, -0.2) is 14.9 Å². The van der Waals surface area contributed by atoms with Gasteiger partial charge in [-0.05, 0) is 62.3 Å². The molecule has 0 atom stereocenters. The molecule has 0 unspecified atom stereocenters. The monoisotopic (exact) mass is 572 g/mol. The Labute approximate surface area is 217 Å². The van der Waals surface area contributed by atoms with Crippen molar-refractivity contribution in [3.05, 3.63) is 56.5 Å². The van der Waals surface area contributed by atoms with Crippen LogP contribution in [0.15, 0.2) is 40.8 Å². The predicted octanol–water partition coefficient (Wildman–Crippen LogP) is 4.93. The third-order valence-electron chi connectivity index (χ3n) is 4.77. The summed E-state index contributed by atoms with van der Waals surface area (Å²) in [5.74, 6) is 0.516. The summed E-state index contributed by atoms with van der Waals surface area (Å²) >= 11 is 11.5. The van der Waals surface area contributed by atoms with Crippen LogP contribution < -0.4 is 21.5 Å². The smallest absolute Gasteiger partial charge is 0.269 e. The SMILES string of the molecule is CCCSC.C\C=c1/c(=C(F)\C(=C\C(=O)NOCC2CC2)Nc2ccc(Br)cc2Cl)ncn1C. The first kappa shape index (κ1) is 28.4. The summed E-state index contributed by atoms with van der Waals surface area (Å²) < 4.78 is 17.9. The van der Waals surface area contributed by atoms with Crippen LogP contribution in [0.4, 0.5) is 10.1 Å². The molecule has 1 aliphatic carbocycles. The maximum absolute atomic E-state index is 15.4. The molecule has 1 amide bonds. The van der Waals surface area contributed by atoms with E-state index in [4.69, 9.17) is 16.4 Å². The van der Waals surface area contributed by atoms with Crippen LogP contribution in [0.25, 0.3) is 11.9 Å². The highest BCUT2D eigenvalue weighted by atomic mass is 79.9. The number of hydrogen-bond donors (Lipinski definition) is 2. The van der Waals surface area contributed by atoms with Crippen molar-refractivity contribution in [2.75, 3.05) is 23.9 Å². The zero-order valence-corrected chi connectivity index (χ0v) is 23.0. The van der Waals surface area contributed by atoms with E-state index in [0.29, 0.717) is 28.6 Å². The Morgan fingerprint density at radius 3 is 2.74 bits per heavy atom. The van der Waals surface area contributed by atoms with Crippen molar-refractivity contribution in [1.29, 1.82) is 0 Å². The minimum atomic E-state index is -0.685. The van der Waals surface area contributed by atoms with Gasteiger partial charge in [0.05, 0.1) is 34.7 Å². The largest absolute Gasteiger partial charge is 0.352 e. The van der Waals surface area contributed by atoms with Crippen molar-refractivity contribution < 1.29 is 14.0 Å². The third-order valence-corrected chi connectivity index (χ3v) is 6.40. The summed E-state index contributed by atoms with van der Waals surface area (Å²) in [6.07, 6.45) is 9.97. The van der Waals surface area contributed by atoms with Gasteiger partial charge in [0.25, 0.3) is 5.91 Å². The van der Waals surface area contributed by atoms with Crippen LogP contribution in [0.5, 0.6) is 0 Å². The maximum Gasteiger partial charge on any atom is 0.269 e. The lowest BCUT2D eigenvalue weighted by molar-refractivity contribution is -0.128. The molecule has 1 aliphatic rings. The maximum atomic E-state index is 15.4. The number of carbonyl (C=O) groups is 1. The van der Waals surface area contributed by atoms with Crippen molar-refractivity contribution in [2.45, 2.75) is 33.1 Å². The Hall–Kier alpha value is -1.81. The number of nitrogens with one attached hydrogen (secondary N) is 2. The lowest BCUT2D eigenvalue weighted by atomic mass is 10.2. The minimum Gasteiger partial charge on any atom is -0.352 e. The molecule has 10 heteroatoms. The lowest BCUT2D eigenvalue weighted by Crippen LogP contribution is -2.31. The normalized spacial score (nSPS) is 14.9. The Kier molecular flexibility index (Phi) is 12.2. The zero-order chi connectivity index (χ0) is 25.1. The number of carbonyl (C=O) groups excluding carboxylic acids is 1. The molecule has 0 spiro atoms. The van der Waals surface area contributed by atoms with E-state index in [1.165, 1.54) is 18.5 Å². The van der Waals surface area contributed by atoms with E-state index in [0.717, 1.165) is 23.4 Å². The molecular weight excluding hydrogens is 543 g/mol. The lowest BCUT2D eigenvalue weighted by Gasteiger charge is -2.11. The first-order valence-corrected chi connectivity index (χ1v) is 13.5. The van der Waals surface area contributed by atoms with E-state index in [2.05, 4.69) is 44.9 Å². The molecule has 3 rings (SSSR count). The number of anilines is 1. The van der Waals surface area contributed by atoms with Crippen molar-refractivity contribution in [1.82, 2.24) is 15.0 Å². The Bertz CT molecular complexity index is 1120. The van der Waals surface area contributed by atoms with Crippen LogP contribution in [-0.2, 0) is 16.7 Å². The van der Waals surface area contributed by atoms with Gasteiger partial charge in [-0.2, -0.15) is 11.8 Å². The van der Waals surface area contributed by atoms with E-state index in [9.17, 15) is 4.79 Å². The second-order valence-corrected chi connectivity index (χ2v) is 10.0. The average Bonchev–Trinajstić information content (AvgIpc) is 3.55. The topological polar surface area (TPSA) is 68.2 Å². The fourth-order valence-electron chi connectivity index (χ4n) is 2.85. The van der Waals surface area contributed by atoms with Crippen molar-refractivity contribution in [2.24, 2.45) is 13.0 Å². The van der Waals surface area contributed by atoms with E-state index in [1.807, 2.05) is 11.8 Å². The van der Waals surface area contributed by atoms with E-state index in [1.54, 1.807) is 42.8 Å². The van der Waals surface area contributed by atoms with Gasteiger partial charge in [0.15, 0.2) is 5.83 Å². The number of allylic oxidation sites excluding steroid dienone is 1. The quantitative estimate of drug-likeness (QED) is 0.329.